The molecule has 1 unspecified atom stereocenters. The molecular formula is C17H20F3N5O. The Bertz CT molecular complexity index is 804. The van der Waals surface area contributed by atoms with Gasteiger partial charge < -0.3 is 11.1 Å². The van der Waals surface area contributed by atoms with E-state index in [1.54, 1.807) is 6.92 Å². The summed E-state index contributed by atoms with van der Waals surface area (Å²) in [6.07, 6.45) is -4.44. The van der Waals surface area contributed by atoms with Crippen LogP contribution in [0.2, 0.25) is 0 Å². The molecule has 26 heavy (non-hydrogen) atoms. The minimum Gasteiger partial charge on any atom is -0.383 e. The first-order valence-corrected chi connectivity index (χ1v) is 7.88. The highest BCUT2D eigenvalue weighted by Crippen LogP contribution is 2.30. The first-order valence-electron chi connectivity index (χ1n) is 7.88. The van der Waals surface area contributed by atoms with Crippen molar-refractivity contribution >= 4 is 17.4 Å². The average Bonchev–Trinajstić information content (AvgIpc) is 2.89. The third-order valence-electron chi connectivity index (χ3n) is 3.46. The number of halogens is 3. The van der Waals surface area contributed by atoms with Crippen LogP contribution in [-0.2, 0) is 11.0 Å². The van der Waals surface area contributed by atoms with Crippen LogP contribution in [0.5, 0.6) is 0 Å². The second kappa shape index (κ2) is 8.38. The smallest absolute Gasteiger partial charge is 0.383 e. The molecule has 1 amide bonds. The fourth-order valence-corrected chi connectivity index (χ4v) is 2.10. The lowest BCUT2D eigenvalue weighted by Gasteiger charge is -2.14. The van der Waals surface area contributed by atoms with Crippen molar-refractivity contribution in [1.82, 2.24) is 9.78 Å². The molecule has 6 nitrogen and oxygen atoms in total. The SMILES string of the molecule is CC.Cc1nn(C(C)C(=O)Nc2ccc(C(F)(F)F)cc2)c(N)c1C#N. The summed E-state index contributed by atoms with van der Waals surface area (Å²) in [6, 6.07) is 5.13. The summed E-state index contributed by atoms with van der Waals surface area (Å²) in [5.41, 5.74) is 5.77. The molecular weight excluding hydrogens is 347 g/mol. The van der Waals surface area contributed by atoms with Gasteiger partial charge in [0.2, 0.25) is 5.91 Å². The Labute approximate surface area is 149 Å². The zero-order valence-electron chi connectivity index (χ0n) is 14.8. The van der Waals surface area contributed by atoms with Crippen molar-refractivity contribution in [3.05, 3.63) is 41.1 Å². The van der Waals surface area contributed by atoms with E-state index < -0.39 is 23.7 Å². The third kappa shape index (κ3) is 4.53. The molecule has 9 heteroatoms. The molecule has 1 atom stereocenters. The highest BCUT2D eigenvalue weighted by Gasteiger charge is 2.30. The van der Waals surface area contributed by atoms with Crippen molar-refractivity contribution in [2.45, 2.75) is 39.9 Å². The van der Waals surface area contributed by atoms with Gasteiger partial charge in [-0.25, -0.2) is 4.68 Å². The van der Waals surface area contributed by atoms with Crippen molar-refractivity contribution in [3.63, 3.8) is 0 Å². The van der Waals surface area contributed by atoms with E-state index in [0.29, 0.717) is 5.69 Å². The zero-order valence-corrected chi connectivity index (χ0v) is 14.8. The number of nitrogens with two attached hydrogens (primary N) is 1. The summed E-state index contributed by atoms with van der Waals surface area (Å²) in [4.78, 5) is 12.2. The summed E-state index contributed by atoms with van der Waals surface area (Å²) >= 11 is 0. The van der Waals surface area contributed by atoms with Gasteiger partial charge in [-0.3, -0.25) is 4.79 Å². The van der Waals surface area contributed by atoms with Gasteiger partial charge >= 0.3 is 6.18 Å². The maximum atomic E-state index is 12.5. The van der Waals surface area contributed by atoms with Crippen LogP contribution in [0.1, 0.15) is 43.6 Å². The topological polar surface area (TPSA) is 96.7 Å². The molecule has 2 rings (SSSR count). The molecule has 2 aromatic rings. The number of carbonyl (C=O) groups excluding carboxylic acids is 1. The first kappa shape index (κ1) is 21.0. The second-order valence-electron chi connectivity index (χ2n) is 5.14. The number of aryl methyl sites for hydroxylation is 1. The molecule has 0 spiro atoms. The van der Waals surface area contributed by atoms with Crippen LogP contribution in [0.3, 0.4) is 0 Å². The van der Waals surface area contributed by atoms with E-state index >= 15 is 0 Å². The van der Waals surface area contributed by atoms with Gasteiger partial charge in [0.05, 0.1) is 11.3 Å². The maximum absolute atomic E-state index is 12.5. The fraction of sp³-hybridized carbons (Fsp3) is 0.353. The predicted molar refractivity (Wildman–Crippen MR) is 92.2 cm³/mol. The Morgan fingerprint density at radius 1 is 1.31 bits per heavy atom. The molecule has 0 radical (unpaired) electrons. The zero-order chi connectivity index (χ0) is 20.1. The number of anilines is 2. The number of hydrogen-bond acceptors (Lipinski definition) is 4. The molecule has 1 aromatic carbocycles. The van der Waals surface area contributed by atoms with Crippen molar-refractivity contribution in [2.75, 3.05) is 11.1 Å². The van der Waals surface area contributed by atoms with Crippen LogP contribution in [0.4, 0.5) is 24.7 Å². The van der Waals surface area contributed by atoms with Crippen LogP contribution >= 0.6 is 0 Å². The maximum Gasteiger partial charge on any atom is 0.416 e. The molecule has 0 saturated carbocycles. The van der Waals surface area contributed by atoms with Gasteiger partial charge in [-0.2, -0.15) is 23.5 Å². The van der Waals surface area contributed by atoms with Gasteiger partial charge in [0.1, 0.15) is 23.5 Å². The number of nitrogens with zero attached hydrogens (tertiary/aromatic N) is 3. The number of alkyl halides is 3. The van der Waals surface area contributed by atoms with Gasteiger partial charge in [0.25, 0.3) is 0 Å². The van der Waals surface area contributed by atoms with Crippen molar-refractivity contribution in [2.24, 2.45) is 0 Å². The number of benzene rings is 1. The first-order chi connectivity index (χ1) is 12.1. The number of nitrogens with one attached hydrogen (secondary N) is 1. The summed E-state index contributed by atoms with van der Waals surface area (Å²) < 4.78 is 38.7. The highest BCUT2D eigenvalue weighted by molar-refractivity contribution is 5.93. The molecule has 1 heterocycles. The van der Waals surface area contributed by atoms with E-state index in [-0.39, 0.29) is 17.1 Å². The Balaban J connectivity index is 0.00000163. The van der Waals surface area contributed by atoms with Gasteiger partial charge in [0.15, 0.2) is 0 Å². The standard InChI is InChI=1S/C15H14F3N5O.C2H6/c1-8-12(7-19)13(20)23(22-8)9(2)14(24)21-11-5-3-10(4-6-11)15(16,17)18;1-2/h3-6,9H,20H2,1-2H3,(H,21,24);1-2H3. The minimum absolute atomic E-state index is 0.0602. The average molecular weight is 367 g/mol. The number of amides is 1. The number of nitriles is 1. The molecule has 0 aliphatic heterocycles. The number of rotatable bonds is 3. The van der Waals surface area contributed by atoms with Gasteiger partial charge in [-0.1, -0.05) is 13.8 Å². The lowest BCUT2D eigenvalue weighted by atomic mass is 10.2. The monoisotopic (exact) mass is 367 g/mol. The van der Waals surface area contributed by atoms with Gasteiger partial charge in [-0.15, -0.1) is 0 Å². The van der Waals surface area contributed by atoms with Crippen LogP contribution in [-0.4, -0.2) is 15.7 Å². The van der Waals surface area contributed by atoms with Crippen LogP contribution in [0.15, 0.2) is 24.3 Å². The van der Waals surface area contributed by atoms with Gasteiger partial charge in [0, 0.05) is 5.69 Å². The van der Waals surface area contributed by atoms with E-state index in [9.17, 15) is 18.0 Å². The van der Waals surface area contributed by atoms with E-state index in [2.05, 4.69) is 10.4 Å². The molecule has 1 aromatic heterocycles. The normalized spacial score (nSPS) is 11.8. The van der Waals surface area contributed by atoms with Crippen LogP contribution in [0.25, 0.3) is 0 Å². The minimum atomic E-state index is -4.44. The lowest BCUT2D eigenvalue weighted by Crippen LogP contribution is -2.25. The van der Waals surface area contributed by atoms with E-state index in [0.717, 1.165) is 24.3 Å². The van der Waals surface area contributed by atoms with E-state index in [4.69, 9.17) is 11.0 Å². The Morgan fingerprint density at radius 3 is 2.27 bits per heavy atom. The number of nitrogen functional groups attached to an aromatic ring is 1. The van der Waals surface area contributed by atoms with Crippen molar-refractivity contribution in [3.8, 4) is 6.07 Å². The molecule has 3 N–H and O–H groups in total. The molecule has 0 bridgehead atoms. The third-order valence-corrected chi connectivity index (χ3v) is 3.46. The predicted octanol–water partition coefficient (Wildman–Crippen LogP) is 3.89. The van der Waals surface area contributed by atoms with Crippen molar-refractivity contribution in [1.29, 1.82) is 5.26 Å². The quantitative estimate of drug-likeness (QED) is 0.860. The highest BCUT2D eigenvalue weighted by atomic mass is 19.4. The van der Waals surface area contributed by atoms with E-state index in [1.165, 1.54) is 11.6 Å². The largest absolute Gasteiger partial charge is 0.416 e. The van der Waals surface area contributed by atoms with Gasteiger partial charge in [-0.05, 0) is 38.1 Å². The Hall–Kier alpha value is -3.02. The summed E-state index contributed by atoms with van der Waals surface area (Å²) in [5, 5.41) is 15.5. The summed E-state index contributed by atoms with van der Waals surface area (Å²) in [5.74, 6) is -0.460. The van der Waals surface area contributed by atoms with Crippen LogP contribution in [0, 0.1) is 18.3 Å². The summed E-state index contributed by atoms with van der Waals surface area (Å²) in [6.45, 7) is 7.11. The molecule has 0 aliphatic carbocycles. The van der Waals surface area contributed by atoms with Crippen LogP contribution < -0.4 is 11.1 Å². The molecule has 0 aliphatic rings. The molecule has 140 valence electrons. The van der Waals surface area contributed by atoms with Crippen molar-refractivity contribution < 1.29 is 18.0 Å². The van der Waals surface area contributed by atoms with E-state index in [1.807, 2.05) is 19.9 Å². The summed E-state index contributed by atoms with van der Waals surface area (Å²) in [7, 11) is 0. The Kier molecular flexibility index (Phi) is 6.78. The Morgan fingerprint density at radius 2 is 1.85 bits per heavy atom. The molecule has 0 saturated heterocycles. The second-order valence-corrected chi connectivity index (χ2v) is 5.14. The molecule has 0 fully saturated rings. The number of carbonyl (C=O) groups is 1. The number of aromatic nitrogens is 2. The lowest BCUT2D eigenvalue weighted by molar-refractivity contribution is -0.137. The number of hydrogen-bond donors (Lipinski definition) is 2. The fourth-order valence-electron chi connectivity index (χ4n) is 2.10.